The summed E-state index contributed by atoms with van der Waals surface area (Å²) < 4.78 is 27.1. The predicted octanol–water partition coefficient (Wildman–Crippen LogP) is 3.02. The molecule has 2 aromatic carbocycles. The van der Waals surface area contributed by atoms with Crippen LogP contribution in [-0.4, -0.2) is 13.4 Å². The van der Waals surface area contributed by atoms with Crippen molar-refractivity contribution in [1.82, 2.24) is 9.71 Å². The monoisotopic (exact) mass is 312 g/mol. The van der Waals surface area contributed by atoms with E-state index in [0.29, 0.717) is 0 Å². The summed E-state index contributed by atoms with van der Waals surface area (Å²) in [5.74, 6) is 0. The van der Waals surface area contributed by atoms with Gasteiger partial charge in [-0.05, 0) is 42.8 Å². The van der Waals surface area contributed by atoms with Crippen LogP contribution in [0.25, 0.3) is 10.9 Å². The van der Waals surface area contributed by atoms with Gasteiger partial charge in [0, 0.05) is 18.1 Å². The molecule has 0 atom stereocenters. The second kappa shape index (κ2) is 5.87. The third-order valence-corrected chi connectivity index (χ3v) is 4.88. The van der Waals surface area contributed by atoms with E-state index in [1.807, 2.05) is 37.3 Å². The van der Waals surface area contributed by atoms with Crippen molar-refractivity contribution in [3.05, 3.63) is 71.9 Å². The summed E-state index contributed by atoms with van der Waals surface area (Å²) in [5.41, 5.74) is 2.82. The van der Waals surface area contributed by atoms with Gasteiger partial charge in [0.05, 0.1) is 10.4 Å². The number of benzene rings is 2. The lowest BCUT2D eigenvalue weighted by Crippen LogP contribution is -2.23. The van der Waals surface area contributed by atoms with Gasteiger partial charge in [-0.1, -0.05) is 29.8 Å². The Hall–Kier alpha value is -2.24. The minimum atomic E-state index is -3.49. The third-order valence-electron chi connectivity index (χ3n) is 3.47. The molecule has 3 aromatic rings. The molecular weight excluding hydrogens is 296 g/mol. The average molecular weight is 312 g/mol. The number of pyridine rings is 1. The molecule has 0 fully saturated rings. The number of sulfonamides is 1. The zero-order valence-electron chi connectivity index (χ0n) is 12.2. The molecule has 112 valence electrons. The summed E-state index contributed by atoms with van der Waals surface area (Å²) in [4.78, 5) is 4.53. The maximum atomic E-state index is 12.3. The van der Waals surface area contributed by atoms with Crippen molar-refractivity contribution < 1.29 is 8.42 Å². The van der Waals surface area contributed by atoms with Gasteiger partial charge in [-0.2, -0.15) is 0 Å². The summed E-state index contributed by atoms with van der Waals surface area (Å²) in [6, 6.07) is 16.3. The van der Waals surface area contributed by atoms with Crippen LogP contribution in [0.4, 0.5) is 0 Å². The van der Waals surface area contributed by atoms with Crippen LogP contribution in [0.5, 0.6) is 0 Å². The molecule has 0 aliphatic carbocycles. The van der Waals surface area contributed by atoms with E-state index in [1.54, 1.807) is 30.5 Å². The molecule has 0 aliphatic heterocycles. The quantitative estimate of drug-likeness (QED) is 0.805. The molecule has 5 heteroatoms. The van der Waals surface area contributed by atoms with E-state index in [1.165, 1.54) is 0 Å². The van der Waals surface area contributed by atoms with E-state index < -0.39 is 10.0 Å². The standard InChI is InChI=1S/C17H16N2O2S/c1-13-4-7-16(8-5-13)22(20,21)19-12-14-6-9-17-15(11-14)3-2-10-18-17/h2-11,19H,12H2,1H3. The van der Waals surface area contributed by atoms with Crippen LogP contribution < -0.4 is 4.72 Å². The zero-order valence-corrected chi connectivity index (χ0v) is 13.0. The van der Waals surface area contributed by atoms with Crippen molar-refractivity contribution in [1.29, 1.82) is 0 Å². The highest BCUT2D eigenvalue weighted by molar-refractivity contribution is 7.89. The second-order valence-electron chi connectivity index (χ2n) is 5.17. The number of aromatic nitrogens is 1. The van der Waals surface area contributed by atoms with Gasteiger partial charge < -0.3 is 0 Å². The molecule has 0 bridgehead atoms. The van der Waals surface area contributed by atoms with Gasteiger partial charge in [0.25, 0.3) is 0 Å². The maximum Gasteiger partial charge on any atom is 0.240 e. The van der Waals surface area contributed by atoms with Gasteiger partial charge >= 0.3 is 0 Å². The summed E-state index contributed by atoms with van der Waals surface area (Å²) in [6.07, 6.45) is 1.74. The minimum Gasteiger partial charge on any atom is -0.256 e. The predicted molar refractivity (Wildman–Crippen MR) is 86.9 cm³/mol. The minimum absolute atomic E-state index is 0.251. The fraction of sp³-hybridized carbons (Fsp3) is 0.118. The molecule has 0 aliphatic rings. The number of hydrogen-bond donors (Lipinski definition) is 1. The molecule has 0 radical (unpaired) electrons. The SMILES string of the molecule is Cc1ccc(S(=O)(=O)NCc2ccc3ncccc3c2)cc1. The molecule has 0 saturated carbocycles. The number of nitrogens with zero attached hydrogens (tertiary/aromatic N) is 1. The maximum absolute atomic E-state index is 12.3. The Balaban J connectivity index is 1.79. The lowest BCUT2D eigenvalue weighted by atomic mass is 10.1. The number of nitrogens with one attached hydrogen (secondary N) is 1. The van der Waals surface area contributed by atoms with Crippen LogP contribution in [-0.2, 0) is 16.6 Å². The van der Waals surface area contributed by atoms with Crippen molar-refractivity contribution in [2.75, 3.05) is 0 Å². The van der Waals surface area contributed by atoms with E-state index in [2.05, 4.69) is 9.71 Å². The Bertz CT molecular complexity index is 903. The van der Waals surface area contributed by atoms with Crippen molar-refractivity contribution in [2.24, 2.45) is 0 Å². The van der Waals surface area contributed by atoms with E-state index in [9.17, 15) is 8.42 Å². The number of hydrogen-bond acceptors (Lipinski definition) is 3. The molecule has 3 rings (SSSR count). The summed E-state index contributed by atoms with van der Waals surface area (Å²) in [6.45, 7) is 2.17. The van der Waals surface area contributed by atoms with Crippen LogP contribution >= 0.6 is 0 Å². The molecule has 1 N–H and O–H groups in total. The lowest BCUT2D eigenvalue weighted by molar-refractivity contribution is 0.581. The number of aryl methyl sites for hydroxylation is 1. The highest BCUT2D eigenvalue weighted by Gasteiger charge is 2.13. The van der Waals surface area contributed by atoms with Gasteiger partial charge in [-0.15, -0.1) is 0 Å². The summed E-state index contributed by atoms with van der Waals surface area (Å²) >= 11 is 0. The lowest BCUT2D eigenvalue weighted by Gasteiger charge is -2.08. The number of rotatable bonds is 4. The van der Waals surface area contributed by atoms with Crippen molar-refractivity contribution in [3.8, 4) is 0 Å². The fourth-order valence-electron chi connectivity index (χ4n) is 2.21. The molecule has 0 unspecified atom stereocenters. The van der Waals surface area contributed by atoms with Crippen LogP contribution in [0, 0.1) is 6.92 Å². The van der Waals surface area contributed by atoms with Gasteiger partial charge in [0.1, 0.15) is 0 Å². The van der Waals surface area contributed by atoms with Crippen LogP contribution in [0.3, 0.4) is 0 Å². The van der Waals surface area contributed by atoms with Crippen LogP contribution in [0.1, 0.15) is 11.1 Å². The first-order valence-corrected chi connectivity index (χ1v) is 8.43. The second-order valence-corrected chi connectivity index (χ2v) is 6.94. The average Bonchev–Trinajstić information content (AvgIpc) is 2.53. The fourth-order valence-corrected chi connectivity index (χ4v) is 3.23. The highest BCUT2D eigenvalue weighted by Crippen LogP contribution is 2.15. The molecule has 0 amide bonds. The molecule has 0 saturated heterocycles. The Kier molecular flexibility index (Phi) is 3.92. The first kappa shape index (κ1) is 14.7. The zero-order chi connectivity index (χ0) is 15.6. The van der Waals surface area contributed by atoms with Gasteiger partial charge in [-0.25, -0.2) is 13.1 Å². The molecule has 0 spiro atoms. The summed E-state index contributed by atoms with van der Waals surface area (Å²) in [7, 11) is -3.49. The van der Waals surface area contributed by atoms with Gasteiger partial charge in [-0.3, -0.25) is 4.98 Å². The van der Waals surface area contributed by atoms with Gasteiger partial charge in [0.2, 0.25) is 10.0 Å². The first-order valence-electron chi connectivity index (χ1n) is 6.95. The first-order chi connectivity index (χ1) is 10.5. The molecule has 1 heterocycles. The highest BCUT2D eigenvalue weighted by atomic mass is 32.2. The Morgan fingerprint density at radius 3 is 2.59 bits per heavy atom. The Morgan fingerprint density at radius 2 is 1.82 bits per heavy atom. The molecule has 22 heavy (non-hydrogen) atoms. The van der Waals surface area contributed by atoms with Crippen molar-refractivity contribution >= 4 is 20.9 Å². The van der Waals surface area contributed by atoms with E-state index in [4.69, 9.17) is 0 Å². The smallest absolute Gasteiger partial charge is 0.240 e. The third kappa shape index (κ3) is 3.16. The van der Waals surface area contributed by atoms with E-state index in [0.717, 1.165) is 22.0 Å². The largest absolute Gasteiger partial charge is 0.256 e. The Labute approximate surface area is 129 Å². The van der Waals surface area contributed by atoms with E-state index in [-0.39, 0.29) is 11.4 Å². The van der Waals surface area contributed by atoms with Crippen molar-refractivity contribution in [3.63, 3.8) is 0 Å². The normalized spacial score (nSPS) is 11.7. The van der Waals surface area contributed by atoms with Crippen LogP contribution in [0.2, 0.25) is 0 Å². The molecule has 4 nitrogen and oxygen atoms in total. The molecular formula is C17H16N2O2S. The van der Waals surface area contributed by atoms with E-state index >= 15 is 0 Å². The summed E-state index contributed by atoms with van der Waals surface area (Å²) in [5, 5.41) is 0.995. The van der Waals surface area contributed by atoms with Crippen molar-refractivity contribution in [2.45, 2.75) is 18.4 Å². The number of fused-ring (bicyclic) bond motifs is 1. The Morgan fingerprint density at radius 1 is 1.05 bits per heavy atom. The van der Waals surface area contributed by atoms with Crippen LogP contribution in [0.15, 0.2) is 65.7 Å². The van der Waals surface area contributed by atoms with Gasteiger partial charge in [0.15, 0.2) is 0 Å². The molecule has 1 aromatic heterocycles. The topological polar surface area (TPSA) is 59.1 Å².